The van der Waals surface area contributed by atoms with Crippen LogP contribution in [0.15, 0.2) is 23.1 Å². The molecule has 4 rings (SSSR count). The number of piperidine rings is 1. The summed E-state index contributed by atoms with van der Waals surface area (Å²) in [5, 5.41) is 7.93. The quantitative estimate of drug-likeness (QED) is 0.849. The molecular formula is C16H19F3N4S. The molecule has 1 aliphatic carbocycles. The predicted octanol–water partition coefficient (Wildman–Crippen LogP) is 3.76. The van der Waals surface area contributed by atoms with Gasteiger partial charge in [0.05, 0.1) is 16.1 Å². The molecule has 130 valence electrons. The smallest absolute Gasteiger partial charge is 0.364 e. The molecule has 2 aromatic heterocycles. The molecule has 2 unspecified atom stereocenters. The number of aryl methyl sites for hydroxylation is 1. The van der Waals surface area contributed by atoms with E-state index in [0.717, 1.165) is 31.7 Å². The van der Waals surface area contributed by atoms with Gasteiger partial charge in [-0.2, -0.15) is 18.3 Å². The first-order chi connectivity index (χ1) is 11.3. The van der Waals surface area contributed by atoms with Crippen molar-refractivity contribution in [3.05, 3.63) is 23.9 Å². The van der Waals surface area contributed by atoms with Crippen molar-refractivity contribution >= 4 is 23.1 Å². The first kappa shape index (κ1) is 16.1. The van der Waals surface area contributed by atoms with Crippen molar-refractivity contribution in [1.29, 1.82) is 0 Å². The number of anilines is 1. The molecule has 2 aromatic rings. The number of fused-ring (bicyclic) bond motifs is 2. The summed E-state index contributed by atoms with van der Waals surface area (Å²) in [7, 11) is 2.13. The predicted molar refractivity (Wildman–Crippen MR) is 88.4 cm³/mol. The highest BCUT2D eigenvalue weighted by Gasteiger charge is 2.56. The van der Waals surface area contributed by atoms with Crippen molar-refractivity contribution in [1.82, 2.24) is 14.5 Å². The fourth-order valence-electron chi connectivity index (χ4n) is 3.75. The number of aromatic nitrogens is 2. The zero-order chi connectivity index (χ0) is 17.1. The van der Waals surface area contributed by atoms with Crippen LogP contribution in [0.2, 0.25) is 0 Å². The summed E-state index contributed by atoms with van der Waals surface area (Å²) in [6.07, 6.45) is 2.16. The summed E-state index contributed by atoms with van der Waals surface area (Å²) >= 11 is -0.0897. The largest absolute Gasteiger partial charge is 0.446 e. The average Bonchev–Trinajstić information content (AvgIpc) is 3.09. The lowest BCUT2D eigenvalue weighted by Gasteiger charge is -2.30. The molecule has 24 heavy (non-hydrogen) atoms. The number of nitrogens with one attached hydrogen (secondary N) is 1. The first-order valence-electron chi connectivity index (χ1n) is 7.98. The summed E-state index contributed by atoms with van der Waals surface area (Å²) in [6, 6.07) is 5.38. The van der Waals surface area contributed by atoms with Crippen molar-refractivity contribution in [2.45, 2.75) is 35.7 Å². The summed E-state index contributed by atoms with van der Waals surface area (Å²) in [5.41, 5.74) is -3.33. The molecule has 0 spiro atoms. The van der Waals surface area contributed by atoms with Gasteiger partial charge in [0.1, 0.15) is 5.82 Å². The number of halogens is 3. The van der Waals surface area contributed by atoms with Crippen molar-refractivity contribution < 1.29 is 13.2 Å². The minimum Gasteiger partial charge on any atom is -0.364 e. The number of alkyl halides is 3. The fraction of sp³-hybridized carbons (Fsp3) is 0.562. The molecular weight excluding hydrogens is 337 g/mol. The van der Waals surface area contributed by atoms with Crippen LogP contribution in [0.4, 0.5) is 19.0 Å². The third-order valence-electron chi connectivity index (χ3n) is 5.07. The molecule has 0 amide bonds. The Bertz CT molecular complexity index is 787. The third-order valence-corrected chi connectivity index (χ3v) is 6.01. The van der Waals surface area contributed by atoms with Gasteiger partial charge in [-0.05, 0) is 56.6 Å². The van der Waals surface area contributed by atoms with E-state index in [1.54, 1.807) is 23.6 Å². The van der Waals surface area contributed by atoms with Gasteiger partial charge in [0.25, 0.3) is 0 Å². The molecule has 0 radical (unpaired) electrons. The molecule has 8 heteroatoms. The SMILES string of the molecule is Cc1nn2c(NC34CCN(C)CC3C4)cccc2c1SC(F)(F)F. The van der Waals surface area contributed by atoms with Gasteiger partial charge < -0.3 is 10.2 Å². The Morgan fingerprint density at radius 3 is 2.88 bits per heavy atom. The Labute approximate surface area is 142 Å². The number of rotatable bonds is 3. The number of pyridine rings is 1. The Kier molecular flexibility index (Phi) is 3.55. The number of nitrogens with zero attached hydrogens (tertiary/aromatic N) is 3. The number of likely N-dealkylation sites (tertiary alicyclic amines) is 1. The lowest BCUT2D eigenvalue weighted by atomic mass is 10.1. The molecule has 1 N–H and O–H groups in total. The second-order valence-corrected chi connectivity index (χ2v) is 7.94. The monoisotopic (exact) mass is 356 g/mol. The van der Waals surface area contributed by atoms with E-state index < -0.39 is 5.51 Å². The average molecular weight is 356 g/mol. The molecule has 1 saturated carbocycles. The van der Waals surface area contributed by atoms with Gasteiger partial charge in [-0.15, -0.1) is 0 Å². The van der Waals surface area contributed by atoms with Gasteiger partial charge in [-0.1, -0.05) is 6.07 Å². The van der Waals surface area contributed by atoms with Crippen molar-refractivity contribution in [3.8, 4) is 0 Å². The molecule has 3 heterocycles. The summed E-state index contributed by atoms with van der Waals surface area (Å²) < 4.78 is 40.0. The van der Waals surface area contributed by atoms with Crippen LogP contribution in [-0.2, 0) is 0 Å². The van der Waals surface area contributed by atoms with Gasteiger partial charge in [-0.25, -0.2) is 4.52 Å². The molecule has 2 atom stereocenters. The van der Waals surface area contributed by atoms with E-state index in [-0.39, 0.29) is 22.2 Å². The minimum atomic E-state index is -4.31. The molecule has 2 aliphatic rings. The Morgan fingerprint density at radius 2 is 2.17 bits per heavy atom. The van der Waals surface area contributed by atoms with E-state index in [1.165, 1.54) is 0 Å². The van der Waals surface area contributed by atoms with Gasteiger partial charge in [0.2, 0.25) is 0 Å². The van der Waals surface area contributed by atoms with Crippen LogP contribution in [0.1, 0.15) is 18.5 Å². The first-order valence-corrected chi connectivity index (χ1v) is 8.80. The van der Waals surface area contributed by atoms with Gasteiger partial charge in [0.15, 0.2) is 0 Å². The maximum Gasteiger partial charge on any atom is 0.446 e. The second-order valence-electron chi connectivity index (χ2n) is 6.86. The van der Waals surface area contributed by atoms with E-state index in [0.29, 0.717) is 17.1 Å². The van der Waals surface area contributed by atoms with Crippen molar-refractivity contribution in [2.24, 2.45) is 5.92 Å². The standard InChI is InChI=1S/C16H19F3N4S/c1-10-14(24-16(17,18)19)12-4-3-5-13(23(12)21-10)20-15-6-7-22(2)9-11(15)8-15/h3-5,11,20H,6-9H2,1-2H3. The van der Waals surface area contributed by atoms with Crippen LogP contribution in [0.25, 0.3) is 5.52 Å². The van der Waals surface area contributed by atoms with Crippen LogP contribution in [0, 0.1) is 12.8 Å². The molecule has 0 bridgehead atoms. The van der Waals surface area contributed by atoms with Crippen LogP contribution < -0.4 is 5.32 Å². The summed E-state index contributed by atoms with van der Waals surface area (Å²) in [4.78, 5) is 2.51. The minimum absolute atomic E-state index is 0.0813. The summed E-state index contributed by atoms with van der Waals surface area (Å²) in [5.74, 6) is 1.38. The highest BCUT2D eigenvalue weighted by atomic mass is 32.2. The molecule has 2 fully saturated rings. The lowest BCUT2D eigenvalue weighted by molar-refractivity contribution is -0.0328. The van der Waals surface area contributed by atoms with E-state index in [4.69, 9.17) is 0 Å². The second kappa shape index (κ2) is 5.29. The van der Waals surface area contributed by atoms with E-state index in [9.17, 15) is 13.2 Å². The Hall–Kier alpha value is -1.41. The normalized spacial score (nSPS) is 27.3. The Morgan fingerprint density at radius 1 is 1.38 bits per heavy atom. The molecule has 1 saturated heterocycles. The highest BCUT2D eigenvalue weighted by Crippen LogP contribution is 2.51. The Balaban J connectivity index is 1.67. The van der Waals surface area contributed by atoms with E-state index in [1.807, 2.05) is 6.07 Å². The lowest BCUT2D eigenvalue weighted by Crippen LogP contribution is -2.39. The van der Waals surface area contributed by atoms with Crippen LogP contribution in [0.5, 0.6) is 0 Å². The molecule has 0 aromatic carbocycles. The number of hydrogen-bond acceptors (Lipinski definition) is 4. The van der Waals surface area contributed by atoms with Gasteiger partial charge >= 0.3 is 5.51 Å². The third kappa shape index (κ3) is 2.75. The van der Waals surface area contributed by atoms with E-state index in [2.05, 4.69) is 22.4 Å². The molecule has 1 aliphatic heterocycles. The zero-order valence-corrected chi connectivity index (χ0v) is 14.3. The maximum absolute atomic E-state index is 12.8. The highest BCUT2D eigenvalue weighted by molar-refractivity contribution is 8.00. The summed E-state index contributed by atoms with van der Waals surface area (Å²) in [6.45, 7) is 3.72. The number of hydrogen-bond donors (Lipinski definition) is 1. The molecule has 4 nitrogen and oxygen atoms in total. The van der Waals surface area contributed by atoms with Crippen molar-refractivity contribution in [2.75, 3.05) is 25.5 Å². The van der Waals surface area contributed by atoms with Crippen LogP contribution >= 0.6 is 11.8 Å². The van der Waals surface area contributed by atoms with Gasteiger partial charge in [-0.3, -0.25) is 0 Å². The zero-order valence-electron chi connectivity index (χ0n) is 13.5. The maximum atomic E-state index is 12.8. The van der Waals surface area contributed by atoms with Crippen LogP contribution in [0.3, 0.4) is 0 Å². The van der Waals surface area contributed by atoms with Gasteiger partial charge in [0, 0.05) is 18.6 Å². The number of thioether (sulfide) groups is 1. The van der Waals surface area contributed by atoms with Crippen molar-refractivity contribution in [3.63, 3.8) is 0 Å². The topological polar surface area (TPSA) is 32.6 Å². The van der Waals surface area contributed by atoms with E-state index >= 15 is 0 Å². The fourth-order valence-corrected chi connectivity index (χ4v) is 4.43. The van der Waals surface area contributed by atoms with Crippen LogP contribution in [-0.4, -0.2) is 45.7 Å².